The summed E-state index contributed by atoms with van der Waals surface area (Å²) in [6.07, 6.45) is 0.372. The number of rotatable bonds is 2. The molecule has 0 spiro atoms. The molecule has 0 aromatic heterocycles. The van der Waals surface area contributed by atoms with Gasteiger partial charge in [-0.05, 0) is 28.2 Å². The molecule has 0 saturated heterocycles. The molecule has 1 aromatic rings. The van der Waals surface area contributed by atoms with Crippen molar-refractivity contribution in [3.63, 3.8) is 0 Å². The fraction of sp³-hybridized carbons (Fsp3) is 0.308. The van der Waals surface area contributed by atoms with Crippen LogP contribution in [0, 0.1) is 0 Å². The molecule has 0 bridgehead atoms. The first-order valence-corrected chi connectivity index (χ1v) is 6.49. The van der Waals surface area contributed by atoms with Crippen LogP contribution >= 0.6 is 22.6 Å². The maximum atomic E-state index is 14.5. The maximum absolute atomic E-state index is 14.5. The number of allylic oxidation sites excluding steroid dienone is 2. The highest BCUT2D eigenvalue weighted by molar-refractivity contribution is 14.1. The number of carboxylic acid groups (broad SMARTS) is 1. The van der Waals surface area contributed by atoms with Gasteiger partial charge in [-0.25, -0.2) is 13.6 Å². The van der Waals surface area contributed by atoms with E-state index in [4.69, 9.17) is 5.11 Å². The Hall–Kier alpha value is -0.980. The van der Waals surface area contributed by atoms with Crippen LogP contribution in [0.25, 0.3) is 5.57 Å². The molecule has 2 atom stereocenters. The molecule has 0 amide bonds. The number of hydrogen-bond donors (Lipinski definition) is 1. The van der Waals surface area contributed by atoms with Gasteiger partial charge < -0.3 is 5.11 Å². The molecule has 0 radical (unpaired) electrons. The van der Waals surface area contributed by atoms with E-state index in [0.717, 1.165) is 0 Å². The number of halogens is 3. The van der Waals surface area contributed by atoms with Gasteiger partial charge in [-0.1, -0.05) is 36.4 Å². The third-order valence-electron chi connectivity index (χ3n) is 2.99. The zero-order valence-corrected chi connectivity index (χ0v) is 11.5. The maximum Gasteiger partial charge on any atom is 0.341 e. The van der Waals surface area contributed by atoms with E-state index in [1.807, 2.05) is 0 Å². The molecule has 0 fully saturated rings. The highest BCUT2D eigenvalue weighted by atomic mass is 127. The van der Waals surface area contributed by atoms with Crippen LogP contribution in [-0.4, -0.2) is 20.4 Å². The Morgan fingerprint density at radius 1 is 1.28 bits per heavy atom. The van der Waals surface area contributed by atoms with E-state index < -0.39 is 21.7 Å². The first kappa shape index (κ1) is 13.5. The third-order valence-corrected chi connectivity index (χ3v) is 3.96. The van der Waals surface area contributed by atoms with Crippen LogP contribution in [0.5, 0.6) is 0 Å². The molecule has 1 aliphatic carbocycles. The molecular weight excluding hydrogens is 353 g/mol. The fourth-order valence-corrected chi connectivity index (χ4v) is 3.18. The predicted molar refractivity (Wildman–Crippen MR) is 73.0 cm³/mol. The summed E-state index contributed by atoms with van der Waals surface area (Å²) in [6.45, 7) is 0. The van der Waals surface area contributed by atoms with Gasteiger partial charge in [0.05, 0.1) is 0 Å². The lowest BCUT2D eigenvalue weighted by atomic mass is 9.83. The van der Waals surface area contributed by atoms with Gasteiger partial charge in [0, 0.05) is 18.4 Å². The van der Waals surface area contributed by atoms with E-state index in [2.05, 4.69) is 0 Å². The zero-order valence-electron chi connectivity index (χ0n) is 9.37. The minimum absolute atomic E-state index is 0.304. The van der Waals surface area contributed by atoms with E-state index in [0.29, 0.717) is 11.1 Å². The number of alkyl halides is 3. The van der Waals surface area contributed by atoms with E-state index >= 15 is 0 Å². The Labute approximate surface area is 117 Å². The fourth-order valence-electron chi connectivity index (χ4n) is 2.04. The number of aliphatic carboxylic acids is 1. The van der Waals surface area contributed by atoms with Gasteiger partial charge >= 0.3 is 5.97 Å². The minimum Gasteiger partial charge on any atom is -0.479 e. The second-order valence-corrected chi connectivity index (χ2v) is 6.05. The quantitative estimate of drug-likeness (QED) is 0.641. The monoisotopic (exact) mass is 364 g/mol. The lowest BCUT2D eigenvalue weighted by Gasteiger charge is -2.33. The average molecular weight is 364 g/mol. The molecule has 0 aliphatic heterocycles. The van der Waals surface area contributed by atoms with Crippen LogP contribution in [-0.2, 0) is 4.79 Å². The highest BCUT2D eigenvalue weighted by Crippen LogP contribution is 2.49. The standard InChI is InChI=1S/C13H11F2IO2/c14-12(11(17)18)7-6-10(13(15,16)8-12)9-4-2-1-3-5-9/h1-6H,7-8H2,(H,17,18). The van der Waals surface area contributed by atoms with Crippen LogP contribution in [0.1, 0.15) is 18.4 Å². The molecular formula is C13H11F2IO2. The first-order chi connectivity index (χ1) is 8.35. The average Bonchev–Trinajstić information content (AvgIpc) is 2.28. The molecule has 0 heterocycles. The number of carboxylic acids is 1. The predicted octanol–water partition coefficient (Wildman–Crippen LogP) is 3.76. The number of hydrogen-bond acceptors (Lipinski definition) is 1. The first-order valence-electron chi connectivity index (χ1n) is 5.41. The molecule has 2 rings (SSSR count). The van der Waals surface area contributed by atoms with Gasteiger partial charge in [-0.2, -0.15) is 0 Å². The smallest absolute Gasteiger partial charge is 0.341 e. The van der Waals surface area contributed by atoms with E-state index in [1.54, 1.807) is 30.3 Å². The zero-order chi connectivity index (χ0) is 13.4. The summed E-state index contributed by atoms with van der Waals surface area (Å²) in [6, 6.07) is 8.78. The number of benzene rings is 1. The van der Waals surface area contributed by atoms with Gasteiger partial charge in [0.15, 0.2) is 3.68 Å². The highest BCUT2D eigenvalue weighted by Gasteiger charge is 2.51. The van der Waals surface area contributed by atoms with Crippen molar-refractivity contribution in [1.82, 2.24) is 0 Å². The summed E-state index contributed by atoms with van der Waals surface area (Å²) < 4.78 is 26.5. The third kappa shape index (κ3) is 2.41. The Balaban J connectivity index is 2.40. The molecule has 5 heteroatoms. The van der Waals surface area contributed by atoms with Crippen LogP contribution in [0.3, 0.4) is 0 Å². The van der Waals surface area contributed by atoms with Gasteiger partial charge in [-0.15, -0.1) is 0 Å². The van der Waals surface area contributed by atoms with E-state index in [9.17, 15) is 13.6 Å². The van der Waals surface area contributed by atoms with Gasteiger partial charge in [-0.3, -0.25) is 0 Å². The topological polar surface area (TPSA) is 37.3 Å². The lowest BCUT2D eigenvalue weighted by molar-refractivity contribution is -0.152. The molecule has 2 unspecified atom stereocenters. The second kappa shape index (κ2) is 4.60. The van der Waals surface area contributed by atoms with Crippen molar-refractivity contribution < 1.29 is 18.7 Å². The van der Waals surface area contributed by atoms with Crippen LogP contribution < -0.4 is 0 Å². The minimum atomic E-state index is -2.52. The summed E-state index contributed by atoms with van der Waals surface area (Å²) >= 11 is 1.48. The molecule has 1 N–H and O–H groups in total. The number of carbonyl (C=O) groups is 1. The molecule has 96 valence electrons. The molecule has 2 nitrogen and oxygen atoms in total. The van der Waals surface area contributed by atoms with Crippen molar-refractivity contribution in [3.05, 3.63) is 42.0 Å². The van der Waals surface area contributed by atoms with Crippen LogP contribution in [0.15, 0.2) is 36.4 Å². The molecule has 0 saturated carbocycles. The Bertz CT molecular complexity index is 499. The SMILES string of the molecule is O=C(O)C1(F)CC=C(c2ccccc2)C(F)(I)C1. The van der Waals surface area contributed by atoms with Crippen molar-refractivity contribution in [2.24, 2.45) is 0 Å². The summed E-state index contributed by atoms with van der Waals surface area (Å²) in [4.78, 5) is 10.8. The van der Waals surface area contributed by atoms with Gasteiger partial charge in [0.1, 0.15) is 0 Å². The summed E-state index contributed by atoms with van der Waals surface area (Å²) in [5.41, 5.74) is -1.52. The van der Waals surface area contributed by atoms with E-state index in [1.165, 1.54) is 28.7 Å². The Morgan fingerprint density at radius 3 is 2.39 bits per heavy atom. The summed E-state index contributed by atoms with van der Waals surface area (Å²) in [5.74, 6) is -1.61. The Kier molecular flexibility index (Phi) is 3.44. The second-order valence-electron chi connectivity index (χ2n) is 4.34. The van der Waals surface area contributed by atoms with Crippen molar-refractivity contribution in [2.45, 2.75) is 22.2 Å². The summed E-state index contributed by atoms with van der Waals surface area (Å²) in [5, 5.41) is 8.81. The lowest BCUT2D eigenvalue weighted by Crippen LogP contribution is -2.42. The molecule has 1 aromatic carbocycles. The van der Waals surface area contributed by atoms with Gasteiger partial charge in [0.25, 0.3) is 0 Å². The van der Waals surface area contributed by atoms with Crippen LogP contribution in [0.2, 0.25) is 0 Å². The largest absolute Gasteiger partial charge is 0.479 e. The van der Waals surface area contributed by atoms with Crippen molar-refractivity contribution in [1.29, 1.82) is 0 Å². The van der Waals surface area contributed by atoms with Gasteiger partial charge in [0.2, 0.25) is 5.67 Å². The van der Waals surface area contributed by atoms with E-state index in [-0.39, 0.29) is 6.42 Å². The van der Waals surface area contributed by atoms with Crippen molar-refractivity contribution >= 4 is 34.1 Å². The van der Waals surface area contributed by atoms with Crippen molar-refractivity contribution in [3.8, 4) is 0 Å². The molecule has 1 aliphatic rings. The summed E-state index contributed by atoms with van der Waals surface area (Å²) in [7, 11) is 0. The van der Waals surface area contributed by atoms with Crippen molar-refractivity contribution in [2.75, 3.05) is 0 Å². The Morgan fingerprint density at radius 2 is 1.89 bits per heavy atom. The normalized spacial score (nSPS) is 31.8. The molecule has 18 heavy (non-hydrogen) atoms. The van der Waals surface area contributed by atoms with Crippen LogP contribution in [0.4, 0.5) is 8.78 Å².